The van der Waals surface area contributed by atoms with Gasteiger partial charge in [-0.05, 0) is 55.5 Å². The summed E-state index contributed by atoms with van der Waals surface area (Å²) in [5, 5.41) is 6.81. The summed E-state index contributed by atoms with van der Waals surface area (Å²) in [4.78, 5) is 29.9. The van der Waals surface area contributed by atoms with Crippen LogP contribution in [0.2, 0.25) is 0 Å². The first-order valence-electron chi connectivity index (χ1n) is 10.4. The molecule has 0 unspecified atom stereocenters. The van der Waals surface area contributed by atoms with Gasteiger partial charge in [0, 0.05) is 26.2 Å². The van der Waals surface area contributed by atoms with Gasteiger partial charge < -0.3 is 14.5 Å². The Morgan fingerprint density at radius 1 is 1.06 bits per heavy atom. The van der Waals surface area contributed by atoms with Crippen LogP contribution in [0.1, 0.15) is 28.5 Å². The molecule has 2 aromatic heterocycles. The Balaban J connectivity index is 1.65. The van der Waals surface area contributed by atoms with E-state index in [4.69, 9.17) is 9.84 Å². The quantitative estimate of drug-likeness (QED) is 0.614. The maximum absolute atomic E-state index is 13.5. The van der Waals surface area contributed by atoms with Gasteiger partial charge >= 0.3 is 6.09 Å². The fraction of sp³-hybridized carbons (Fsp3) is 0.348. The van der Waals surface area contributed by atoms with Crippen molar-refractivity contribution in [3.8, 4) is 16.3 Å². The second kappa shape index (κ2) is 8.93. The first-order valence-corrected chi connectivity index (χ1v) is 11.3. The fourth-order valence-corrected chi connectivity index (χ4v) is 4.36. The van der Waals surface area contributed by atoms with Crippen molar-refractivity contribution in [3.63, 3.8) is 0 Å². The number of ether oxygens (including phenoxy) is 1. The van der Waals surface area contributed by atoms with Crippen LogP contribution in [0.4, 0.5) is 4.79 Å². The van der Waals surface area contributed by atoms with E-state index in [0.717, 1.165) is 27.4 Å². The molecule has 0 N–H and O–H groups in total. The Labute approximate surface area is 185 Å². The molecule has 1 fully saturated rings. The molecule has 0 bridgehead atoms. The largest absolute Gasteiger partial charge is 0.450 e. The predicted molar refractivity (Wildman–Crippen MR) is 121 cm³/mol. The lowest BCUT2D eigenvalue weighted by molar-refractivity contribution is 0.0563. The number of amides is 2. The first-order chi connectivity index (χ1) is 15.0. The van der Waals surface area contributed by atoms with E-state index in [-0.39, 0.29) is 12.0 Å². The summed E-state index contributed by atoms with van der Waals surface area (Å²) in [5.41, 5.74) is 4.37. The normalized spacial score (nSPS) is 14.0. The Kier molecular flexibility index (Phi) is 6.08. The molecule has 2 amide bonds. The Bertz CT molecular complexity index is 1080. The molecule has 1 saturated heterocycles. The first kappa shape index (κ1) is 21.1. The van der Waals surface area contributed by atoms with Crippen LogP contribution in [0.15, 0.2) is 41.8 Å². The highest BCUT2D eigenvalue weighted by Crippen LogP contribution is 2.28. The summed E-state index contributed by atoms with van der Waals surface area (Å²) in [6.45, 7) is 8.03. The Morgan fingerprint density at radius 3 is 2.48 bits per heavy atom. The zero-order valence-corrected chi connectivity index (χ0v) is 18.8. The number of piperazine rings is 1. The van der Waals surface area contributed by atoms with Crippen LogP contribution < -0.4 is 0 Å². The van der Waals surface area contributed by atoms with Crippen molar-refractivity contribution in [2.45, 2.75) is 20.8 Å². The van der Waals surface area contributed by atoms with Crippen LogP contribution in [0.5, 0.6) is 0 Å². The van der Waals surface area contributed by atoms with E-state index >= 15 is 0 Å². The Hall–Kier alpha value is -3.13. The molecule has 3 heterocycles. The number of hydrogen-bond acceptors (Lipinski definition) is 5. The molecule has 1 aliphatic rings. The van der Waals surface area contributed by atoms with Crippen molar-refractivity contribution in [2.75, 3.05) is 32.8 Å². The van der Waals surface area contributed by atoms with Gasteiger partial charge in [0.15, 0.2) is 0 Å². The molecule has 3 aromatic rings. The van der Waals surface area contributed by atoms with Crippen LogP contribution in [-0.2, 0) is 4.74 Å². The molecule has 0 spiro atoms. The van der Waals surface area contributed by atoms with Gasteiger partial charge in [-0.2, -0.15) is 5.10 Å². The zero-order chi connectivity index (χ0) is 22.0. The number of carbonyl (C=O) groups is 2. The van der Waals surface area contributed by atoms with Crippen molar-refractivity contribution in [2.24, 2.45) is 0 Å². The SMILES string of the molecule is CCOC(=O)N1CCN(C(=O)c2cc(-c3cccs3)nn2-c2cc(C)ccc2C)CC1. The monoisotopic (exact) mass is 438 g/mol. The third-order valence-electron chi connectivity index (χ3n) is 5.39. The minimum Gasteiger partial charge on any atom is -0.450 e. The average Bonchev–Trinajstić information content (AvgIpc) is 3.45. The van der Waals surface area contributed by atoms with E-state index in [1.165, 1.54) is 0 Å². The highest BCUT2D eigenvalue weighted by molar-refractivity contribution is 7.13. The summed E-state index contributed by atoms with van der Waals surface area (Å²) >= 11 is 1.60. The average molecular weight is 439 g/mol. The smallest absolute Gasteiger partial charge is 0.409 e. The van der Waals surface area contributed by atoms with E-state index in [2.05, 4.69) is 12.1 Å². The van der Waals surface area contributed by atoms with Crippen LogP contribution in [0.25, 0.3) is 16.3 Å². The van der Waals surface area contributed by atoms with Gasteiger partial charge in [-0.1, -0.05) is 18.2 Å². The van der Waals surface area contributed by atoms with Gasteiger partial charge in [0.25, 0.3) is 5.91 Å². The lowest BCUT2D eigenvalue weighted by atomic mass is 10.1. The van der Waals surface area contributed by atoms with Crippen molar-refractivity contribution in [3.05, 3.63) is 58.6 Å². The topological polar surface area (TPSA) is 67.7 Å². The molecule has 162 valence electrons. The van der Waals surface area contributed by atoms with Crippen molar-refractivity contribution in [1.82, 2.24) is 19.6 Å². The zero-order valence-electron chi connectivity index (χ0n) is 18.0. The molecule has 7 nitrogen and oxygen atoms in total. The highest BCUT2D eigenvalue weighted by atomic mass is 32.1. The van der Waals surface area contributed by atoms with Gasteiger partial charge in [-0.25, -0.2) is 9.48 Å². The van der Waals surface area contributed by atoms with Crippen molar-refractivity contribution in [1.29, 1.82) is 0 Å². The number of aromatic nitrogens is 2. The van der Waals surface area contributed by atoms with Gasteiger partial charge in [0.05, 0.1) is 17.2 Å². The molecule has 0 aliphatic carbocycles. The van der Waals surface area contributed by atoms with Gasteiger partial charge in [0.2, 0.25) is 0 Å². The summed E-state index contributed by atoms with van der Waals surface area (Å²) in [6.07, 6.45) is -0.324. The van der Waals surface area contributed by atoms with Gasteiger partial charge in [-0.15, -0.1) is 11.3 Å². The second-order valence-corrected chi connectivity index (χ2v) is 8.52. The van der Waals surface area contributed by atoms with Crippen LogP contribution in [0.3, 0.4) is 0 Å². The minimum absolute atomic E-state index is 0.0836. The summed E-state index contributed by atoms with van der Waals surface area (Å²) < 4.78 is 6.84. The molecule has 31 heavy (non-hydrogen) atoms. The third kappa shape index (κ3) is 4.34. The number of nitrogens with zero attached hydrogens (tertiary/aromatic N) is 4. The minimum atomic E-state index is -0.324. The fourth-order valence-electron chi connectivity index (χ4n) is 3.68. The number of carbonyl (C=O) groups excluding carboxylic acids is 2. The molecule has 8 heteroatoms. The molecule has 1 aliphatic heterocycles. The van der Waals surface area contributed by atoms with Crippen molar-refractivity contribution < 1.29 is 14.3 Å². The van der Waals surface area contributed by atoms with E-state index in [0.29, 0.717) is 38.5 Å². The highest BCUT2D eigenvalue weighted by Gasteiger charge is 2.28. The van der Waals surface area contributed by atoms with Crippen molar-refractivity contribution >= 4 is 23.3 Å². The summed E-state index contributed by atoms with van der Waals surface area (Å²) in [7, 11) is 0. The molecule has 4 rings (SSSR count). The standard InChI is InChI=1S/C23H26N4O3S/c1-4-30-23(29)26-11-9-25(10-12-26)22(28)20-15-18(21-6-5-13-31-21)24-27(20)19-14-16(2)7-8-17(19)3/h5-8,13-15H,4,9-12H2,1-3H3. The maximum Gasteiger partial charge on any atom is 0.409 e. The van der Waals surface area contributed by atoms with Crippen LogP contribution in [0, 0.1) is 13.8 Å². The van der Waals surface area contributed by atoms with E-state index in [1.807, 2.05) is 43.5 Å². The molecule has 0 radical (unpaired) electrons. The number of aryl methyl sites for hydroxylation is 2. The van der Waals surface area contributed by atoms with Gasteiger partial charge in [0.1, 0.15) is 11.4 Å². The number of rotatable bonds is 4. The summed E-state index contributed by atoms with van der Waals surface area (Å²) in [6, 6.07) is 12.0. The molecular formula is C23H26N4O3S. The molecule has 1 aromatic carbocycles. The number of benzene rings is 1. The van der Waals surface area contributed by atoms with Crippen LogP contribution >= 0.6 is 11.3 Å². The lowest BCUT2D eigenvalue weighted by Crippen LogP contribution is -2.51. The number of hydrogen-bond donors (Lipinski definition) is 0. The Morgan fingerprint density at radius 2 is 1.81 bits per heavy atom. The predicted octanol–water partition coefficient (Wildman–Crippen LogP) is 4.13. The molecular weight excluding hydrogens is 412 g/mol. The van der Waals surface area contributed by atoms with E-state index in [1.54, 1.807) is 32.7 Å². The van der Waals surface area contributed by atoms with Crippen LogP contribution in [-0.4, -0.2) is 64.4 Å². The molecule has 0 saturated carbocycles. The third-order valence-corrected chi connectivity index (χ3v) is 6.28. The van der Waals surface area contributed by atoms with E-state index < -0.39 is 0 Å². The lowest BCUT2D eigenvalue weighted by Gasteiger charge is -2.34. The van der Waals surface area contributed by atoms with E-state index in [9.17, 15) is 9.59 Å². The van der Waals surface area contributed by atoms with Gasteiger partial charge in [-0.3, -0.25) is 4.79 Å². The summed E-state index contributed by atoms with van der Waals surface area (Å²) in [5.74, 6) is -0.0836. The maximum atomic E-state index is 13.5. The molecule has 0 atom stereocenters. The number of thiophene rings is 1. The second-order valence-electron chi connectivity index (χ2n) is 7.57.